The molecule has 0 fully saturated rings. The van der Waals surface area contributed by atoms with Crippen LogP contribution in [0.1, 0.15) is 32.7 Å². The van der Waals surface area contributed by atoms with E-state index in [0.29, 0.717) is 16.3 Å². The third-order valence-electron chi connectivity index (χ3n) is 3.35. The summed E-state index contributed by atoms with van der Waals surface area (Å²) < 4.78 is 5.00. The number of furan rings is 1. The molecule has 0 unspecified atom stereocenters. The zero-order chi connectivity index (χ0) is 17.6. The molecule has 0 aliphatic carbocycles. The van der Waals surface area contributed by atoms with E-state index in [1.165, 1.54) is 17.6 Å². The van der Waals surface area contributed by atoms with Crippen molar-refractivity contribution in [2.75, 3.05) is 5.32 Å². The van der Waals surface area contributed by atoms with Gasteiger partial charge in [-0.3, -0.25) is 9.59 Å². The van der Waals surface area contributed by atoms with Crippen molar-refractivity contribution in [1.82, 2.24) is 5.43 Å². The topological polar surface area (TPSA) is 83.7 Å². The molecule has 2 N–H and O–H groups in total. The molecule has 0 saturated carbocycles. The third-order valence-corrected chi connectivity index (χ3v) is 4.22. The second-order valence-electron chi connectivity index (χ2n) is 5.13. The average Bonchev–Trinajstić information content (AvgIpc) is 3.33. The van der Waals surface area contributed by atoms with E-state index in [1.807, 2.05) is 23.6 Å². The Morgan fingerprint density at radius 3 is 2.68 bits per heavy atom. The van der Waals surface area contributed by atoms with Gasteiger partial charge in [-0.05, 0) is 48.2 Å². The Morgan fingerprint density at radius 2 is 1.96 bits per heavy atom. The number of amides is 2. The highest BCUT2D eigenvalue weighted by molar-refractivity contribution is 7.12. The molecule has 0 saturated heterocycles. The molecule has 0 spiro atoms. The van der Waals surface area contributed by atoms with Gasteiger partial charge < -0.3 is 9.73 Å². The highest BCUT2D eigenvalue weighted by atomic mass is 32.1. The molecule has 6 nitrogen and oxygen atoms in total. The Kier molecular flexibility index (Phi) is 5.06. The largest absolute Gasteiger partial charge is 0.459 e. The highest BCUT2D eigenvalue weighted by Gasteiger charge is 2.09. The van der Waals surface area contributed by atoms with E-state index in [2.05, 4.69) is 15.8 Å². The SMILES string of the molecule is CC(=NNC(=O)c1ccco1)c1cccc(NC(=O)c2cccs2)c1. The molecule has 7 heteroatoms. The van der Waals surface area contributed by atoms with E-state index < -0.39 is 5.91 Å². The van der Waals surface area contributed by atoms with Gasteiger partial charge in [0.2, 0.25) is 0 Å². The van der Waals surface area contributed by atoms with Crippen molar-refractivity contribution in [3.63, 3.8) is 0 Å². The molecule has 3 rings (SSSR count). The number of nitrogens with one attached hydrogen (secondary N) is 2. The molecule has 0 bridgehead atoms. The Balaban J connectivity index is 1.68. The van der Waals surface area contributed by atoms with Gasteiger partial charge >= 0.3 is 5.91 Å². The lowest BCUT2D eigenvalue weighted by Crippen LogP contribution is -2.18. The van der Waals surface area contributed by atoms with Crippen LogP contribution in [0.3, 0.4) is 0 Å². The summed E-state index contributed by atoms with van der Waals surface area (Å²) in [6.07, 6.45) is 1.42. The zero-order valence-electron chi connectivity index (χ0n) is 13.4. The maximum absolute atomic E-state index is 12.1. The third kappa shape index (κ3) is 4.21. The highest BCUT2D eigenvalue weighted by Crippen LogP contribution is 2.15. The summed E-state index contributed by atoms with van der Waals surface area (Å²) in [4.78, 5) is 24.6. The van der Waals surface area contributed by atoms with Crippen LogP contribution in [0.5, 0.6) is 0 Å². The maximum Gasteiger partial charge on any atom is 0.307 e. The number of thiophene rings is 1. The van der Waals surface area contributed by atoms with Crippen molar-refractivity contribution in [3.05, 3.63) is 76.4 Å². The first-order valence-corrected chi connectivity index (χ1v) is 8.35. The molecule has 0 atom stereocenters. The summed E-state index contributed by atoms with van der Waals surface area (Å²) in [7, 11) is 0. The lowest BCUT2D eigenvalue weighted by atomic mass is 10.1. The first kappa shape index (κ1) is 16.7. The zero-order valence-corrected chi connectivity index (χ0v) is 14.2. The summed E-state index contributed by atoms with van der Waals surface area (Å²) >= 11 is 1.38. The van der Waals surface area contributed by atoms with Crippen molar-refractivity contribution in [2.24, 2.45) is 5.10 Å². The molecule has 0 aliphatic rings. The molecule has 3 aromatic rings. The van der Waals surface area contributed by atoms with Crippen LogP contribution in [-0.2, 0) is 0 Å². The second-order valence-corrected chi connectivity index (χ2v) is 6.08. The van der Waals surface area contributed by atoms with E-state index in [0.717, 1.165) is 5.56 Å². The minimum atomic E-state index is -0.425. The molecular weight excluding hydrogens is 338 g/mol. The van der Waals surface area contributed by atoms with Gasteiger partial charge in [0.05, 0.1) is 16.9 Å². The molecule has 25 heavy (non-hydrogen) atoms. The number of hydrogen-bond acceptors (Lipinski definition) is 5. The number of carbonyl (C=O) groups excluding carboxylic acids is 2. The Hall–Kier alpha value is -3.19. The van der Waals surface area contributed by atoms with Crippen LogP contribution in [0.25, 0.3) is 0 Å². The predicted molar refractivity (Wildman–Crippen MR) is 97.1 cm³/mol. The van der Waals surface area contributed by atoms with Crippen molar-refractivity contribution < 1.29 is 14.0 Å². The minimum absolute atomic E-state index is 0.159. The smallest absolute Gasteiger partial charge is 0.307 e. The monoisotopic (exact) mass is 353 g/mol. The van der Waals surface area contributed by atoms with Gasteiger partial charge in [0.25, 0.3) is 5.91 Å². The minimum Gasteiger partial charge on any atom is -0.459 e. The fraction of sp³-hybridized carbons (Fsp3) is 0.0556. The molecule has 126 valence electrons. The van der Waals surface area contributed by atoms with Gasteiger partial charge in [-0.1, -0.05) is 18.2 Å². The Labute approximate surface area is 148 Å². The number of hydrogen-bond donors (Lipinski definition) is 2. The van der Waals surface area contributed by atoms with E-state index in [4.69, 9.17) is 4.42 Å². The number of rotatable bonds is 5. The van der Waals surface area contributed by atoms with E-state index in [1.54, 1.807) is 37.3 Å². The summed E-state index contributed by atoms with van der Waals surface area (Å²) in [6.45, 7) is 1.77. The molecule has 0 radical (unpaired) electrons. The molecular formula is C18H15N3O3S. The van der Waals surface area contributed by atoms with Crippen LogP contribution in [0, 0.1) is 0 Å². The quantitative estimate of drug-likeness (QED) is 0.541. The van der Waals surface area contributed by atoms with Crippen LogP contribution in [0.2, 0.25) is 0 Å². The maximum atomic E-state index is 12.1. The average molecular weight is 353 g/mol. The molecule has 2 heterocycles. The molecule has 1 aromatic carbocycles. The normalized spacial score (nSPS) is 11.2. The van der Waals surface area contributed by atoms with Gasteiger partial charge in [-0.25, -0.2) is 5.43 Å². The molecule has 2 amide bonds. The lowest BCUT2D eigenvalue weighted by molar-refractivity contribution is 0.0926. The number of benzene rings is 1. The first-order chi connectivity index (χ1) is 12.1. The van der Waals surface area contributed by atoms with E-state index in [9.17, 15) is 9.59 Å². The van der Waals surface area contributed by atoms with Gasteiger partial charge in [0, 0.05) is 5.69 Å². The van der Waals surface area contributed by atoms with E-state index in [-0.39, 0.29) is 11.7 Å². The Bertz CT molecular complexity index is 900. The fourth-order valence-electron chi connectivity index (χ4n) is 2.08. The van der Waals surface area contributed by atoms with Crippen molar-refractivity contribution in [1.29, 1.82) is 0 Å². The van der Waals surface area contributed by atoms with Crippen molar-refractivity contribution >= 4 is 34.6 Å². The predicted octanol–water partition coefficient (Wildman–Crippen LogP) is 3.75. The van der Waals surface area contributed by atoms with Crippen molar-refractivity contribution in [3.8, 4) is 0 Å². The summed E-state index contributed by atoms with van der Waals surface area (Å²) in [6, 6.07) is 14.0. The summed E-state index contributed by atoms with van der Waals surface area (Å²) in [5, 5.41) is 8.76. The van der Waals surface area contributed by atoms with Crippen LogP contribution < -0.4 is 10.7 Å². The molecule has 2 aromatic heterocycles. The van der Waals surface area contributed by atoms with Gasteiger partial charge in [-0.15, -0.1) is 11.3 Å². The number of nitrogens with zero attached hydrogens (tertiary/aromatic N) is 1. The van der Waals surface area contributed by atoms with Crippen molar-refractivity contribution in [2.45, 2.75) is 6.92 Å². The standard InChI is InChI=1S/C18H15N3O3S/c1-12(20-21-17(22)15-7-3-9-24-15)13-5-2-6-14(11-13)19-18(23)16-8-4-10-25-16/h2-11H,1H3,(H,19,23)(H,21,22). The number of hydrazone groups is 1. The summed E-state index contributed by atoms with van der Waals surface area (Å²) in [5.74, 6) is -0.395. The van der Waals surface area contributed by atoms with Crippen LogP contribution in [-0.4, -0.2) is 17.5 Å². The fourth-order valence-corrected chi connectivity index (χ4v) is 2.70. The number of anilines is 1. The molecule has 0 aliphatic heterocycles. The van der Waals surface area contributed by atoms with Crippen LogP contribution in [0.15, 0.2) is 69.7 Å². The van der Waals surface area contributed by atoms with Crippen LogP contribution >= 0.6 is 11.3 Å². The Morgan fingerprint density at radius 1 is 1.08 bits per heavy atom. The lowest BCUT2D eigenvalue weighted by Gasteiger charge is -2.07. The van der Waals surface area contributed by atoms with Gasteiger partial charge in [0.1, 0.15) is 0 Å². The van der Waals surface area contributed by atoms with Gasteiger partial charge in [0.15, 0.2) is 5.76 Å². The second kappa shape index (κ2) is 7.59. The number of carbonyl (C=O) groups is 2. The summed E-state index contributed by atoms with van der Waals surface area (Å²) in [5.41, 5.74) is 4.48. The van der Waals surface area contributed by atoms with E-state index >= 15 is 0 Å². The first-order valence-electron chi connectivity index (χ1n) is 7.47. The van der Waals surface area contributed by atoms with Crippen LogP contribution in [0.4, 0.5) is 5.69 Å². The van der Waals surface area contributed by atoms with Gasteiger partial charge in [-0.2, -0.15) is 5.10 Å².